The van der Waals surface area contributed by atoms with Crippen LogP contribution in [0.15, 0.2) is 27.8 Å². The first kappa shape index (κ1) is 33.6. The zero-order valence-corrected chi connectivity index (χ0v) is 29.9. The van der Waals surface area contributed by atoms with Crippen LogP contribution in [0.4, 0.5) is 4.79 Å². The van der Waals surface area contributed by atoms with Crippen molar-refractivity contribution in [3.63, 3.8) is 0 Å². The monoisotopic (exact) mass is 644 g/mol. The topological polar surface area (TPSA) is 135 Å². The smallest absolute Gasteiger partial charge is 0.408 e. The van der Waals surface area contributed by atoms with Crippen molar-refractivity contribution >= 4 is 17.7 Å². The van der Waals surface area contributed by atoms with Gasteiger partial charge in [0.1, 0.15) is 18.2 Å². The summed E-state index contributed by atoms with van der Waals surface area (Å²) in [4.78, 5) is 45.4. The number of Topliss-reactive ketones (excluding diaryl/α,β-unsaturated/α-hetero) is 1. The van der Waals surface area contributed by atoms with E-state index in [4.69, 9.17) is 14.2 Å². The Morgan fingerprint density at radius 3 is 2.40 bits per heavy atom. The SMILES string of the molecule is CC1(C)CC[C@]2(c3noc(CNC(=O)OC(C)(C)C)n3)CC[C@]3(C)[C@H](C(=O)C=C4[C@@]5(C)C=C(C#N)C(=O)C(C)(C)[C@@H]5CC[C@]43C)[C@@H]2C1. The van der Waals surface area contributed by atoms with Crippen LogP contribution in [-0.2, 0) is 26.3 Å². The van der Waals surface area contributed by atoms with Gasteiger partial charge in [-0.3, -0.25) is 9.59 Å². The van der Waals surface area contributed by atoms with Crippen molar-refractivity contribution in [3.05, 3.63) is 35.0 Å². The molecule has 9 nitrogen and oxygen atoms in total. The largest absolute Gasteiger partial charge is 0.444 e. The van der Waals surface area contributed by atoms with Crippen LogP contribution in [0, 0.1) is 56.2 Å². The molecule has 0 aliphatic heterocycles. The molecule has 254 valence electrons. The number of ketones is 2. The predicted octanol–water partition coefficient (Wildman–Crippen LogP) is 7.57. The number of nitriles is 1. The lowest BCUT2D eigenvalue weighted by Gasteiger charge is -2.69. The molecule has 0 radical (unpaired) electrons. The van der Waals surface area contributed by atoms with Crippen molar-refractivity contribution in [3.8, 4) is 6.07 Å². The fourth-order valence-electron chi connectivity index (χ4n) is 11.0. The van der Waals surface area contributed by atoms with Gasteiger partial charge in [-0.15, -0.1) is 0 Å². The summed E-state index contributed by atoms with van der Waals surface area (Å²) in [5, 5.41) is 17.3. The Morgan fingerprint density at radius 2 is 1.74 bits per heavy atom. The number of allylic oxidation sites excluding steroid dienone is 4. The zero-order valence-electron chi connectivity index (χ0n) is 29.9. The van der Waals surface area contributed by atoms with Gasteiger partial charge in [-0.25, -0.2) is 4.79 Å². The number of alkyl carbamates (subject to hydrolysis) is 1. The molecule has 3 saturated carbocycles. The highest BCUT2D eigenvalue weighted by Crippen LogP contribution is 2.74. The van der Waals surface area contributed by atoms with Gasteiger partial charge in [0, 0.05) is 22.2 Å². The number of carbonyl (C=O) groups is 3. The zero-order chi connectivity index (χ0) is 34.6. The Labute approximate surface area is 279 Å². The van der Waals surface area contributed by atoms with E-state index in [0.717, 1.165) is 50.5 Å². The Hall–Kier alpha value is -3.28. The lowest BCUT2D eigenvalue weighted by Crippen LogP contribution is -2.65. The second-order valence-corrected chi connectivity index (χ2v) is 18.3. The van der Waals surface area contributed by atoms with Crippen molar-refractivity contribution in [1.29, 1.82) is 5.26 Å². The molecule has 5 aliphatic carbocycles. The van der Waals surface area contributed by atoms with Gasteiger partial charge in [0.15, 0.2) is 17.4 Å². The van der Waals surface area contributed by atoms with Crippen molar-refractivity contribution in [2.24, 2.45) is 44.8 Å². The van der Waals surface area contributed by atoms with Gasteiger partial charge in [-0.2, -0.15) is 10.2 Å². The summed E-state index contributed by atoms with van der Waals surface area (Å²) in [6, 6.07) is 2.20. The van der Waals surface area contributed by atoms with Gasteiger partial charge in [-0.1, -0.05) is 65.3 Å². The third-order valence-electron chi connectivity index (χ3n) is 13.6. The first-order chi connectivity index (χ1) is 21.6. The third-order valence-corrected chi connectivity index (χ3v) is 13.6. The van der Waals surface area contributed by atoms with Gasteiger partial charge in [-0.05, 0) is 99.9 Å². The number of hydrogen-bond acceptors (Lipinski definition) is 8. The number of fused-ring (bicyclic) bond motifs is 7. The van der Waals surface area contributed by atoms with E-state index >= 15 is 0 Å². The number of rotatable bonds is 3. The predicted molar refractivity (Wildman–Crippen MR) is 176 cm³/mol. The molecule has 0 spiro atoms. The van der Waals surface area contributed by atoms with Crippen LogP contribution in [0.3, 0.4) is 0 Å². The van der Waals surface area contributed by atoms with E-state index in [2.05, 4.69) is 51.2 Å². The van der Waals surface area contributed by atoms with Crippen molar-refractivity contribution in [2.45, 2.75) is 132 Å². The first-order valence-electron chi connectivity index (χ1n) is 17.4. The maximum Gasteiger partial charge on any atom is 0.408 e. The number of amides is 1. The summed E-state index contributed by atoms with van der Waals surface area (Å²) < 4.78 is 11.1. The van der Waals surface area contributed by atoms with Gasteiger partial charge in [0.2, 0.25) is 5.89 Å². The van der Waals surface area contributed by atoms with Crippen LogP contribution in [-0.4, -0.2) is 33.4 Å². The fourth-order valence-corrected chi connectivity index (χ4v) is 11.0. The third kappa shape index (κ3) is 4.86. The molecule has 0 bridgehead atoms. The highest BCUT2D eigenvalue weighted by molar-refractivity contribution is 6.04. The minimum Gasteiger partial charge on any atom is -0.444 e. The molecule has 1 aromatic heterocycles. The summed E-state index contributed by atoms with van der Waals surface area (Å²) in [6.07, 6.45) is 9.41. The van der Waals surface area contributed by atoms with Crippen LogP contribution >= 0.6 is 0 Å². The van der Waals surface area contributed by atoms with Crippen molar-refractivity contribution in [2.75, 3.05) is 0 Å². The Kier molecular flexibility index (Phi) is 7.41. The average molecular weight is 645 g/mol. The van der Waals surface area contributed by atoms with E-state index in [1.165, 1.54) is 0 Å². The minimum atomic E-state index is -0.693. The Bertz CT molecular complexity index is 1640. The molecular formula is C38H52N4O5. The highest BCUT2D eigenvalue weighted by Gasteiger charge is 2.70. The van der Waals surface area contributed by atoms with Gasteiger partial charge < -0.3 is 14.6 Å². The van der Waals surface area contributed by atoms with Gasteiger partial charge >= 0.3 is 6.09 Å². The van der Waals surface area contributed by atoms with Gasteiger partial charge in [0.05, 0.1) is 5.57 Å². The summed E-state index contributed by atoms with van der Waals surface area (Å²) >= 11 is 0. The number of hydrogen-bond donors (Lipinski definition) is 1. The molecular weight excluding hydrogens is 592 g/mol. The number of nitrogens with one attached hydrogen (secondary N) is 1. The Balaban J connectivity index is 1.40. The van der Waals surface area contributed by atoms with E-state index < -0.39 is 27.9 Å². The molecule has 47 heavy (non-hydrogen) atoms. The van der Waals surface area contributed by atoms with Crippen molar-refractivity contribution < 1.29 is 23.6 Å². The van der Waals surface area contributed by atoms with E-state index in [9.17, 15) is 19.6 Å². The molecule has 9 heteroatoms. The van der Waals surface area contributed by atoms with E-state index in [-0.39, 0.29) is 57.7 Å². The summed E-state index contributed by atoms with van der Waals surface area (Å²) in [6.45, 7) is 20.9. The fraction of sp³-hybridized carbons (Fsp3) is 0.737. The van der Waals surface area contributed by atoms with Crippen LogP contribution < -0.4 is 5.32 Å². The summed E-state index contributed by atoms with van der Waals surface area (Å²) in [7, 11) is 0. The molecule has 0 unspecified atom stereocenters. The molecule has 1 heterocycles. The molecule has 5 aliphatic rings. The van der Waals surface area contributed by atoms with E-state index in [0.29, 0.717) is 11.7 Å². The van der Waals surface area contributed by atoms with Crippen LogP contribution in [0.2, 0.25) is 0 Å². The molecule has 1 aromatic rings. The quantitative estimate of drug-likeness (QED) is 0.356. The number of aromatic nitrogens is 2. The molecule has 0 aromatic carbocycles. The molecule has 1 N–H and O–H groups in total. The lowest BCUT2D eigenvalue weighted by molar-refractivity contribution is -0.160. The molecule has 1 amide bonds. The minimum absolute atomic E-state index is 0.00945. The maximum absolute atomic E-state index is 14.8. The van der Waals surface area contributed by atoms with E-state index in [1.807, 2.05) is 46.8 Å². The van der Waals surface area contributed by atoms with E-state index in [1.54, 1.807) is 0 Å². The Morgan fingerprint density at radius 1 is 1.06 bits per heavy atom. The molecule has 0 saturated heterocycles. The second-order valence-electron chi connectivity index (χ2n) is 18.3. The number of ether oxygens (including phenoxy) is 1. The van der Waals surface area contributed by atoms with Crippen LogP contribution in [0.5, 0.6) is 0 Å². The molecule has 3 fully saturated rings. The van der Waals surface area contributed by atoms with Crippen LogP contribution in [0.1, 0.15) is 126 Å². The number of carbonyl (C=O) groups excluding carboxylic acids is 3. The van der Waals surface area contributed by atoms with Crippen LogP contribution in [0.25, 0.3) is 0 Å². The average Bonchev–Trinajstić information content (AvgIpc) is 3.44. The van der Waals surface area contributed by atoms with Crippen molar-refractivity contribution in [1.82, 2.24) is 15.5 Å². The first-order valence-corrected chi connectivity index (χ1v) is 17.4. The molecule has 7 atom stereocenters. The highest BCUT2D eigenvalue weighted by atomic mass is 16.6. The maximum atomic E-state index is 14.8. The van der Waals surface area contributed by atoms with Gasteiger partial charge in [0.25, 0.3) is 0 Å². The summed E-state index contributed by atoms with van der Waals surface area (Å²) in [5.41, 5.74) is -1.57. The molecule has 6 rings (SSSR count). The normalized spacial score (nSPS) is 38.8. The summed E-state index contributed by atoms with van der Waals surface area (Å²) in [5.74, 6) is 0.799. The lowest BCUT2D eigenvalue weighted by atomic mass is 9.34. The number of nitrogens with zero attached hydrogens (tertiary/aromatic N) is 3. The second kappa shape index (κ2) is 10.4. The standard InChI is InChI=1S/C38H52N4O5/c1-32(2,3)46-31(45)40-21-27-41-30(42-47-27)38-15-13-33(4,5)19-23(38)28-24(43)17-26-35(8)18-22(20-39)29(44)34(6,7)25(35)11-12-36(26,9)37(28,10)14-16-38/h17-18,23,25,28H,11-16,19,21H2,1-10H3,(H,40,45)/t23-,25-,28-,35-,36+,37+,38-/m0/s1.